The van der Waals surface area contributed by atoms with Gasteiger partial charge in [-0.2, -0.15) is 13.2 Å². The molecule has 210 valence electrons. The molecule has 1 fully saturated rings. The van der Waals surface area contributed by atoms with Crippen LogP contribution in [0.3, 0.4) is 0 Å². The Hall–Kier alpha value is -3.54. The van der Waals surface area contributed by atoms with Crippen LogP contribution in [0.5, 0.6) is 0 Å². The first kappa shape index (κ1) is 28.5. The maximum atomic E-state index is 13.2. The minimum atomic E-state index is -4.64. The first-order chi connectivity index (χ1) is 18.2. The molecule has 0 atom stereocenters. The van der Waals surface area contributed by atoms with E-state index in [-0.39, 0.29) is 17.7 Å². The number of nitrogens with one attached hydrogen (secondary N) is 2. The standard InChI is InChI=1S/C27H34F3N7O2/c1-17(2)10-31-11-20-12-37(15-27(28,29)30)23(39)21(33-20)22(38)34-19-8-6-7-18(9-19)26(13-25(3,4)14-26)24-35-32-16-36(24)5/h6-9,12,16-17,31H,10-11,13-15H2,1-5H3,(H,34,38). The summed E-state index contributed by atoms with van der Waals surface area (Å²) in [4.78, 5) is 30.2. The van der Waals surface area contributed by atoms with Gasteiger partial charge in [-0.1, -0.05) is 39.8 Å². The summed E-state index contributed by atoms with van der Waals surface area (Å²) in [6.07, 6.45) is -0.309. The highest BCUT2D eigenvalue weighted by molar-refractivity contribution is 6.02. The minimum Gasteiger partial charge on any atom is -0.320 e. The van der Waals surface area contributed by atoms with E-state index in [1.54, 1.807) is 18.5 Å². The third-order valence-electron chi connectivity index (χ3n) is 6.82. The summed E-state index contributed by atoms with van der Waals surface area (Å²) >= 11 is 0. The molecule has 4 rings (SSSR count). The number of benzene rings is 1. The normalized spacial score (nSPS) is 16.2. The summed E-state index contributed by atoms with van der Waals surface area (Å²) in [7, 11) is 1.88. The van der Waals surface area contributed by atoms with Crippen LogP contribution >= 0.6 is 0 Å². The molecule has 12 heteroatoms. The van der Waals surface area contributed by atoms with Crippen LogP contribution in [0.15, 0.2) is 41.6 Å². The van der Waals surface area contributed by atoms with Crippen molar-refractivity contribution in [3.8, 4) is 0 Å². The highest BCUT2D eigenvalue weighted by Crippen LogP contribution is 2.58. The van der Waals surface area contributed by atoms with Gasteiger partial charge in [-0.15, -0.1) is 10.2 Å². The number of hydrogen-bond acceptors (Lipinski definition) is 6. The maximum Gasteiger partial charge on any atom is 0.406 e. The molecule has 9 nitrogen and oxygen atoms in total. The zero-order chi connectivity index (χ0) is 28.6. The van der Waals surface area contributed by atoms with Gasteiger partial charge in [-0.05, 0) is 48.4 Å². The van der Waals surface area contributed by atoms with E-state index in [4.69, 9.17) is 0 Å². The molecule has 1 aliphatic carbocycles. The minimum absolute atomic E-state index is 0.0860. The zero-order valence-electron chi connectivity index (χ0n) is 22.8. The molecule has 0 unspecified atom stereocenters. The number of carbonyl (C=O) groups is 1. The number of anilines is 1. The number of nitrogens with zero attached hydrogens (tertiary/aromatic N) is 5. The molecular weight excluding hydrogens is 511 g/mol. The summed E-state index contributed by atoms with van der Waals surface area (Å²) in [5, 5.41) is 14.2. The molecule has 2 N–H and O–H groups in total. The lowest BCUT2D eigenvalue weighted by atomic mass is 9.51. The van der Waals surface area contributed by atoms with E-state index in [9.17, 15) is 22.8 Å². The number of halogens is 3. The Morgan fingerprint density at radius 2 is 1.92 bits per heavy atom. The van der Waals surface area contributed by atoms with Gasteiger partial charge in [0.15, 0.2) is 5.69 Å². The molecule has 0 bridgehead atoms. The quantitative estimate of drug-likeness (QED) is 0.421. The number of rotatable bonds is 9. The Balaban J connectivity index is 1.65. The van der Waals surface area contributed by atoms with Crippen molar-refractivity contribution in [2.24, 2.45) is 18.4 Å². The topological polar surface area (TPSA) is 107 Å². The van der Waals surface area contributed by atoms with Gasteiger partial charge >= 0.3 is 6.18 Å². The second kappa shape index (κ2) is 10.6. The van der Waals surface area contributed by atoms with Crippen molar-refractivity contribution in [2.75, 3.05) is 11.9 Å². The fourth-order valence-electron chi connectivity index (χ4n) is 5.50. The monoisotopic (exact) mass is 545 g/mol. The van der Waals surface area contributed by atoms with Crippen LogP contribution < -0.4 is 16.2 Å². The molecule has 3 aromatic rings. The lowest BCUT2D eigenvalue weighted by molar-refractivity contribution is -0.141. The number of amides is 1. The van der Waals surface area contributed by atoms with E-state index >= 15 is 0 Å². The van der Waals surface area contributed by atoms with Crippen molar-refractivity contribution in [1.82, 2.24) is 29.6 Å². The smallest absolute Gasteiger partial charge is 0.320 e. The van der Waals surface area contributed by atoms with Gasteiger partial charge in [0.05, 0.1) is 11.1 Å². The fourth-order valence-corrected chi connectivity index (χ4v) is 5.50. The zero-order valence-corrected chi connectivity index (χ0v) is 22.8. The van der Waals surface area contributed by atoms with E-state index in [2.05, 4.69) is 39.7 Å². The molecule has 2 heterocycles. The molecule has 1 saturated carbocycles. The lowest BCUT2D eigenvalue weighted by Crippen LogP contribution is -2.49. The lowest BCUT2D eigenvalue weighted by Gasteiger charge is -2.52. The molecular formula is C27H34F3N7O2. The van der Waals surface area contributed by atoms with Gasteiger partial charge < -0.3 is 19.8 Å². The van der Waals surface area contributed by atoms with Gasteiger partial charge in [0, 0.05) is 25.5 Å². The first-order valence-corrected chi connectivity index (χ1v) is 12.8. The van der Waals surface area contributed by atoms with Crippen LogP contribution in [-0.2, 0) is 25.6 Å². The van der Waals surface area contributed by atoms with Crippen molar-refractivity contribution in [3.63, 3.8) is 0 Å². The molecule has 0 aliphatic heterocycles. The van der Waals surface area contributed by atoms with Crippen LogP contribution in [0.25, 0.3) is 0 Å². The number of carbonyl (C=O) groups excluding carboxylic acids is 1. The van der Waals surface area contributed by atoms with E-state index in [0.717, 1.165) is 30.4 Å². The Morgan fingerprint density at radius 1 is 1.21 bits per heavy atom. The van der Waals surface area contributed by atoms with Crippen LogP contribution in [0.2, 0.25) is 0 Å². The van der Waals surface area contributed by atoms with Gasteiger partial charge in [-0.3, -0.25) is 9.59 Å². The van der Waals surface area contributed by atoms with E-state index in [0.29, 0.717) is 22.7 Å². The molecule has 2 aromatic heterocycles. The van der Waals surface area contributed by atoms with E-state index in [1.165, 1.54) is 0 Å². The predicted molar refractivity (Wildman–Crippen MR) is 140 cm³/mol. The number of aromatic nitrogens is 5. The second-order valence-electron chi connectivity index (χ2n) is 11.6. The van der Waals surface area contributed by atoms with E-state index in [1.807, 2.05) is 37.6 Å². The van der Waals surface area contributed by atoms with Crippen molar-refractivity contribution < 1.29 is 18.0 Å². The molecule has 39 heavy (non-hydrogen) atoms. The summed E-state index contributed by atoms with van der Waals surface area (Å²) in [6.45, 7) is 7.51. The highest BCUT2D eigenvalue weighted by Gasteiger charge is 2.54. The Morgan fingerprint density at radius 3 is 2.51 bits per heavy atom. The SMILES string of the molecule is CC(C)CNCc1cn(CC(F)(F)F)c(=O)c(C(=O)Nc2cccc(C3(c4nncn4C)CC(C)(C)C3)c2)n1. The maximum absolute atomic E-state index is 13.2. The van der Waals surface area contributed by atoms with E-state index < -0.39 is 35.3 Å². The van der Waals surface area contributed by atoms with Crippen LogP contribution in [0.4, 0.5) is 18.9 Å². The average molecular weight is 546 g/mol. The van der Waals surface area contributed by atoms with Crippen LogP contribution in [0.1, 0.15) is 68.1 Å². The third kappa shape index (κ3) is 6.38. The molecule has 0 spiro atoms. The molecule has 0 saturated heterocycles. The largest absolute Gasteiger partial charge is 0.406 e. The Labute approximate surface area is 224 Å². The Bertz CT molecular complexity index is 1400. The summed E-state index contributed by atoms with van der Waals surface area (Å²) in [6, 6.07) is 7.22. The van der Waals surface area contributed by atoms with Gasteiger partial charge in [0.1, 0.15) is 18.7 Å². The van der Waals surface area contributed by atoms with Crippen LogP contribution in [-0.4, -0.2) is 42.9 Å². The Kier molecular flexibility index (Phi) is 7.70. The molecule has 1 amide bonds. The molecule has 0 radical (unpaired) electrons. The fraction of sp³-hybridized carbons (Fsp3) is 0.519. The van der Waals surface area contributed by atoms with Gasteiger partial charge in [-0.25, -0.2) is 4.98 Å². The third-order valence-corrected chi connectivity index (χ3v) is 6.82. The second-order valence-corrected chi connectivity index (χ2v) is 11.6. The molecule has 1 aromatic carbocycles. The first-order valence-electron chi connectivity index (χ1n) is 12.8. The van der Waals surface area contributed by atoms with Crippen molar-refractivity contribution >= 4 is 11.6 Å². The number of alkyl halides is 3. The molecule has 1 aliphatic rings. The number of hydrogen-bond donors (Lipinski definition) is 2. The van der Waals surface area contributed by atoms with Crippen LogP contribution in [0, 0.1) is 11.3 Å². The average Bonchev–Trinajstić information content (AvgIpc) is 3.24. The van der Waals surface area contributed by atoms with Crippen molar-refractivity contribution in [3.05, 3.63) is 69.9 Å². The number of aryl methyl sites for hydroxylation is 1. The van der Waals surface area contributed by atoms with Gasteiger partial charge in [0.25, 0.3) is 11.5 Å². The highest BCUT2D eigenvalue weighted by atomic mass is 19.4. The summed E-state index contributed by atoms with van der Waals surface area (Å²) in [5.74, 6) is 0.233. The summed E-state index contributed by atoms with van der Waals surface area (Å²) in [5.41, 5.74) is -0.541. The predicted octanol–water partition coefficient (Wildman–Crippen LogP) is 4.04. The van der Waals surface area contributed by atoms with Gasteiger partial charge in [0.2, 0.25) is 0 Å². The van der Waals surface area contributed by atoms with Crippen molar-refractivity contribution in [1.29, 1.82) is 0 Å². The van der Waals surface area contributed by atoms with Crippen molar-refractivity contribution in [2.45, 2.75) is 65.2 Å². The summed E-state index contributed by atoms with van der Waals surface area (Å²) < 4.78 is 41.9.